The Morgan fingerprint density at radius 3 is 2.45 bits per heavy atom. The van der Waals surface area contributed by atoms with Gasteiger partial charge in [-0.2, -0.15) is 5.26 Å². The molecule has 2 heterocycles. The monoisotopic (exact) mass is 399 g/mol. The number of nitriles is 1. The summed E-state index contributed by atoms with van der Waals surface area (Å²) in [4.78, 5) is 6.45. The summed E-state index contributed by atoms with van der Waals surface area (Å²) in [5, 5.41) is 9.11. The molecular formula is C23H21N5S. The highest BCUT2D eigenvalue weighted by Crippen LogP contribution is 2.23. The number of hydrogen-bond donors (Lipinski definition) is 0. The second-order valence-electron chi connectivity index (χ2n) is 6.83. The Morgan fingerprint density at radius 1 is 0.966 bits per heavy atom. The van der Waals surface area contributed by atoms with E-state index in [9.17, 15) is 0 Å². The second-order valence-corrected chi connectivity index (χ2v) is 7.20. The number of para-hydroxylation sites is 3. The molecule has 0 atom stereocenters. The molecule has 0 aliphatic heterocycles. The third-order valence-corrected chi connectivity index (χ3v) is 5.26. The number of imidazole rings is 1. The first-order valence-electron chi connectivity index (χ1n) is 9.52. The van der Waals surface area contributed by atoms with Crippen molar-refractivity contribution < 1.29 is 0 Å². The maximum absolute atomic E-state index is 9.11. The maximum Gasteiger partial charge on any atom is 0.186 e. The lowest BCUT2D eigenvalue weighted by Gasteiger charge is -2.22. The molecule has 0 aliphatic carbocycles. The van der Waals surface area contributed by atoms with Crippen LogP contribution in [-0.4, -0.2) is 25.6 Å². The van der Waals surface area contributed by atoms with Crippen molar-refractivity contribution in [3.63, 3.8) is 0 Å². The number of aromatic nitrogens is 3. The minimum absolute atomic E-state index is 0.463. The van der Waals surface area contributed by atoms with Gasteiger partial charge in [0.05, 0.1) is 23.8 Å². The molecule has 0 spiro atoms. The van der Waals surface area contributed by atoms with Gasteiger partial charge >= 0.3 is 0 Å². The van der Waals surface area contributed by atoms with E-state index in [0.717, 1.165) is 27.1 Å². The molecule has 0 bridgehead atoms. The molecule has 0 amide bonds. The highest BCUT2D eigenvalue weighted by Gasteiger charge is 2.15. The Balaban J connectivity index is 1.75. The van der Waals surface area contributed by atoms with Crippen LogP contribution in [0, 0.1) is 16.1 Å². The molecule has 4 aromatic rings. The predicted octanol–water partition coefficient (Wildman–Crippen LogP) is 4.93. The van der Waals surface area contributed by atoms with Crippen molar-refractivity contribution in [3.8, 4) is 11.8 Å². The van der Waals surface area contributed by atoms with Crippen LogP contribution in [-0.2, 0) is 13.2 Å². The van der Waals surface area contributed by atoms with Crippen LogP contribution in [0.5, 0.6) is 0 Å². The third kappa shape index (κ3) is 4.11. The fourth-order valence-corrected chi connectivity index (χ4v) is 3.89. The van der Waals surface area contributed by atoms with Crippen LogP contribution in [0.2, 0.25) is 0 Å². The highest BCUT2D eigenvalue weighted by molar-refractivity contribution is 7.71. The summed E-state index contributed by atoms with van der Waals surface area (Å²) in [6, 6.07) is 24.7. The summed E-state index contributed by atoms with van der Waals surface area (Å²) in [5.41, 5.74) is 4.31. The Labute approximate surface area is 175 Å². The molecule has 0 N–H and O–H groups in total. The lowest BCUT2D eigenvalue weighted by molar-refractivity contribution is 0.215. The van der Waals surface area contributed by atoms with Crippen LogP contribution in [0.15, 0.2) is 79.1 Å². The van der Waals surface area contributed by atoms with Gasteiger partial charge in [-0.05, 0) is 48.1 Å². The minimum Gasteiger partial charge on any atom is -0.303 e. The van der Waals surface area contributed by atoms with Crippen molar-refractivity contribution in [1.29, 1.82) is 5.26 Å². The van der Waals surface area contributed by atoms with Crippen LogP contribution >= 0.6 is 12.2 Å². The van der Waals surface area contributed by atoms with Gasteiger partial charge in [-0.25, -0.2) is 0 Å². The molecule has 2 aromatic carbocycles. The molecule has 0 fully saturated rings. The van der Waals surface area contributed by atoms with Gasteiger partial charge in [-0.3, -0.25) is 14.5 Å². The molecule has 2 aromatic heterocycles. The van der Waals surface area contributed by atoms with Crippen molar-refractivity contribution >= 4 is 23.3 Å². The summed E-state index contributed by atoms with van der Waals surface area (Å²) >= 11 is 5.89. The minimum atomic E-state index is 0.463. The molecule has 0 unspecified atom stereocenters. The predicted molar refractivity (Wildman–Crippen MR) is 117 cm³/mol. The Bertz CT molecular complexity index is 1190. The van der Waals surface area contributed by atoms with Gasteiger partial charge in [0, 0.05) is 37.6 Å². The van der Waals surface area contributed by atoms with E-state index in [1.807, 2.05) is 42.6 Å². The third-order valence-electron chi connectivity index (χ3n) is 4.86. The topological polar surface area (TPSA) is 49.8 Å². The molecular weight excluding hydrogens is 378 g/mol. The zero-order valence-electron chi connectivity index (χ0n) is 16.0. The summed E-state index contributed by atoms with van der Waals surface area (Å²) < 4.78 is 4.99. The van der Waals surface area contributed by atoms with Crippen LogP contribution in [0.3, 0.4) is 0 Å². The molecule has 0 aliphatic rings. The quantitative estimate of drug-likeness (QED) is 0.414. The van der Waals surface area contributed by atoms with Gasteiger partial charge in [0.25, 0.3) is 0 Å². The summed E-state index contributed by atoms with van der Waals surface area (Å²) in [5.74, 6) is 0. The highest BCUT2D eigenvalue weighted by atomic mass is 32.1. The van der Waals surface area contributed by atoms with Crippen LogP contribution in [0.1, 0.15) is 12.0 Å². The van der Waals surface area contributed by atoms with Gasteiger partial charge in [0.1, 0.15) is 0 Å². The first kappa shape index (κ1) is 19.1. The molecule has 144 valence electrons. The molecule has 5 nitrogen and oxygen atoms in total. The first-order chi connectivity index (χ1) is 14.3. The zero-order chi connectivity index (χ0) is 20.1. The molecule has 0 radical (unpaired) electrons. The van der Waals surface area contributed by atoms with Crippen LogP contribution in [0.4, 0.5) is 0 Å². The maximum atomic E-state index is 9.11. The summed E-state index contributed by atoms with van der Waals surface area (Å²) in [6.45, 7) is 1.98. The number of pyridine rings is 1. The second kappa shape index (κ2) is 8.82. The van der Waals surface area contributed by atoms with E-state index < -0.39 is 0 Å². The van der Waals surface area contributed by atoms with E-state index in [2.05, 4.69) is 55.4 Å². The Hall–Kier alpha value is -3.27. The molecule has 29 heavy (non-hydrogen) atoms. The van der Waals surface area contributed by atoms with Gasteiger partial charge in [-0.1, -0.05) is 36.4 Å². The van der Waals surface area contributed by atoms with Gasteiger partial charge in [0.15, 0.2) is 4.77 Å². The first-order valence-corrected chi connectivity index (χ1v) is 9.92. The van der Waals surface area contributed by atoms with E-state index in [1.165, 1.54) is 0 Å². The number of fused-ring (bicyclic) bond motifs is 1. The summed E-state index contributed by atoms with van der Waals surface area (Å²) in [6.07, 6.45) is 4.10. The number of benzene rings is 2. The Kier molecular flexibility index (Phi) is 5.80. The average Bonchev–Trinajstić information content (AvgIpc) is 3.05. The normalized spacial score (nSPS) is 11.0. The van der Waals surface area contributed by atoms with Gasteiger partial charge < -0.3 is 4.57 Å². The van der Waals surface area contributed by atoms with Crippen LogP contribution < -0.4 is 0 Å². The number of nitrogens with zero attached hydrogens (tertiary/aromatic N) is 5. The van der Waals surface area contributed by atoms with Gasteiger partial charge in [0.2, 0.25) is 0 Å². The van der Waals surface area contributed by atoms with Gasteiger partial charge in [-0.15, -0.1) is 0 Å². The lowest BCUT2D eigenvalue weighted by atomic mass is 10.2. The van der Waals surface area contributed by atoms with Crippen molar-refractivity contribution in [1.82, 2.24) is 19.0 Å². The van der Waals surface area contributed by atoms with Crippen LogP contribution in [0.25, 0.3) is 16.7 Å². The summed E-state index contributed by atoms with van der Waals surface area (Å²) in [7, 11) is 0. The molecule has 6 heteroatoms. The standard InChI is InChI=1S/C23H21N5S/c24-13-7-15-26(17-19-8-6-14-25-16-19)18-27-21-11-4-5-12-22(21)28(23(27)29)20-9-2-1-3-10-20/h1-6,8-12,14,16H,7,15,17-18H2. The van der Waals surface area contributed by atoms with E-state index in [0.29, 0.717) is 26.2 Å². The van der Waals surface area contributed by atoms with E-state index in [4.69, 9.17) is 17.5 Å². The number of rotatable bonds is 7. The molecule has 4 rings (SSSR count). The van der Waals surface area contributed by atoms with Crippen molar-refractivity contribution in [2.45, 2.75) is 19.6 Å². The van der Waals surface area contributed by atoms with Crippen molar-refractivity contribution in [2.75, 3.05) is 6.54 Å². The Morgan fingerprint density at radius 2 is 1.72 bits per heavy atom. The average molecular weight is 400 g/mol. The molecule has 0 saturated heterocycles. The number of hydrogen-bond acceptors (Lipinski definition) is 4. The largest absolute Gasteiger partial charge is 0.303 e. The lowest BCUT2D eigenvalue weighted by Crippen LogP contribution is -2.27. The SMILES string of the molecule is N#CCCN(Cc1cccnc1)Cn1c(=S)n(-c2ccccc2)c2ccccc21. The van der Waals surface area contributed by atoms with Crippen molar-refractivity contribution in [3.05, 3.63) is 89.5 Å². The fourth-order valence-electron chi connectivity index (χ4n) is 3.53. The van der Waals surface area contributed by atoms with E-state index in [-0.39, 0.29) is 0 Å². The zero-order valence-corrected chi connectivity index (χ0v) is 16.8. The smallest absolute Gasteiger partial charge is 0.186 e. The van der Waals surface area contributed by atoms with Crippen molar-refractivity contribution in [2.24, 2.45) is 0 Å². The van der Waals surface area contributed by atoms with E-state index in [1.54, 1.807) is 6.20 Å². The fraction of sp³-hybridized carbons (Fsp3) is 0.174. The molecule has 0 saturated carbocycles. The van der Waals surface area contributed by atoms with E-state index >= 15 is 0 Å².